The van der Waals surface area contributed by atoms with Gasteiger partial charge in [-0.2, -0.15) is 0 Å². The van der Waals surface area contributed by atoms with Crippen molar-refractivity contribution in [1.29, 1.82) is 0 Å². The summed E-state index contributed by atoms with van der Waals surface area (Å²) >= 11 is 0.933. The molecule has 2 aromatic heterocycles. The Bertz CT molecular complexity index is 1210. The Labute approximate surface area is 209 Å². The summed E-state index contributed by atoms with van der Waals surface area (Å²) in [4.78, 5) is 28.1. The molecule has 6 N–H and O–H groups in total. The number of nitrogens with zero attached hydrogens (tertiary/aromatic N) is 1. The summed E-state index contributed by atoms with van der Waals surface area (Å²) in [5.74, 6) is -2.50. The van der Waals surface area contributed by atoms with E-state index < -0.39 is 23.6 Å². The van der Waals surface area contributed by atoms with Crippen molar-refractivity contribution in [3.05, 3.63) is 64.9 Å². The van der Waals surface area contributed by atoms with E-state index in [1.54, 1.807) is 18.2 Å². The fourth-order valence-corrected chi connectivity index (χ4v) is 4.47. The molecule has 3 aromatic rings. The lowest BCUT2D eigenvalue weighted by molar-refractivity contribution is -0.126. The first-order chi connectivity index (χ1) is 17.2. The Kier molecular flexibility index (Phi) is 9.42. The Morgan fingerprint density at radius 2 is 1.94 bits per heavy atom. The van der Waals surface area contributed by atoms with E-state index in [-0.39, 0.29) is 59.7 Å². The van der Waals surface area contributed by atoms with E-state index in [1.165, 1.54) is 13.0 Å². The number of hydrogen-bond donors (Lipinski definition) is 5. The van der Waals surface area contributed by atoms with Crippen LogP contribution in [0.25, 0.3) is 10.4 Å². The van der Waals surface area contributed by atoms with Gasteiger partial charge in [-0.25, -0.2) is 13.8 Å². The van der Waals surface area contributed by atoms with Crippen LogP contribution in [-0.2, 0) is 22.6 Å². The highest BCUT2D eigenvalue weighted by Gasteiger charge is 2.21. The molecular formula is C24H26F2N4O5S. The summed E-state index contributed by atoms with van der Waals surface area (Å²) in [6.45, 7) is 1.28. The number of primary amides is 1. The molecule has 12 heteroatoms. The zero-order valence-electron chi connectivity index (χ0n) is 19.4. The molecule has 1 atom stereocenters. The zero-order chi connectivity index (χ0) is 26.2. The Hall–Kier alpha value is -3.45. The van der Waals surface area contributed by atoms with Gasteiger partial charge in [-0.15, -0.1) is 11.3 Å². The van der Waals surface area contributed by atoms with Crippen molar-refractivity contribution in [3.8, 4) is 10.4 Å². The van der Waals surface area contributed by atoms with Crippen LogP contribution in [0.15, 0.2) is 36.4 Å². The summed E-state index contributed by atoms with van der Waals surface area (Å²) in [7, 11) is 0. The van der Waals surface area contributed by atoms with Gasteiger partial charge in [0.15, 0.2) is 0 Å². The molecular weight excluding hydrogens is 494 g/mol. The fourth-order valence-electron chi connectivity index (χ4n) is 3.35. The van der Waals surface area contributed by atoms with Crippen molar-refractivity contribution in [1.82, 2.24) is 10.3 Å². The molecule has 2 amide bonds. The minimum Gasteiger partial charge on any atom is -0.395 e. The minimum atomic E-state index is -0.824. The standard InChI is InChI=1S/C24H26F2N4O5S/c1-13(32)7-14-8-17(25)22(18(26)9-14)19-10-16(23(27)34)24(36-19)30-20-4-2-3-15(29-20)11-35-12-21(33)28-5-6-31/h2-4,8-10,13,31-32H,5-7,11-12H2,1H3,(H2,27,34)(H,28,33)(H,29,30). The first-order valence-corrected chi connectivity index (χ1v) is 11.8. The molecule has 0 saturated heterocycles. The molecule has 0 aliphatic rings. The number of aromatic nitrogens is 1. The topological polar surface area (TPSA) is 147 Å². The summed E-state index contributed by atoms with van der Waals surface area (Å²) in [6.07, 6.45) is -0.664. The van der Waals surface area contributed by atoms with Crippen LogP contribution >= 0.6 is 11.3 Å². The van der Waals surface area contributed by atoms with Crippen molar-refractivity contribution < 1.29 is 33.3 Å². The number of thiophene rings is 1. The van der Waals surface area contributed by atoms with Crippen LogP contribution < -0.4 is 16.4 Å². The molecule has 2 heterocycles. The fraction of sp³-hybridized carbons (Fsp3) is 0.292. The molecule has 0 fully saturated rings. The van der Waals surface area contributed by atoms with Crippen LogP contribution in [0.3, 0.4) is 0 Å². The van der Waals surface area contributed by atoms with Gasteiger partial charge in [-0.3, -0.25) is 9.59 Å². The number of carbonyl (C=O) groups excluding carboxylic acids is 2. The predicted molar refractivity (Wildman–Crippen MR) is 131 cm³/mol. The maximum atomic E-state index is 14.8. The van der Waals surface area contributed by atoms with E-state index in [4.69, 9.17) is 15.6 Å². The van der Waals surface area contributed by atoms with Crippen molar-refractivity contribution in [2.24, 2.45) is 5.73 Å². The number of anilines is 2. The SMILES string of the molecule is CC(O)Cc1cc(F)c(-c2cc(C(N)=O)c(Nc3cccc(COCC(=O)NCCO)n3)s2)c(F)c1. The number of halogens is 2. The largest absolute Gasteiger partial charge is 0.395 e. The number of nitrogens with one attached hydrogen (secondary N) is 2. The van der Waals surface area contributed by atoms with Crippen molar-refractivity contribution in [2.45, 2.75) is 26.1 Å². The molecule has 1 unspecified atom stereocenters. The molecule has 0 aliphatic heterocycles. The lowest BCUT2D eigenvalue weighted by atomic mass is 10.0. The molecule has 192 valence electrons. The number of hydrogen-bond acceptors (Lipinski definition) is 8. The number of carbonyl (C=O) groups is 2. The van der Waals surface area contributed by atoms with Gasteiger partial charge in [0.1, 0.15) is 29.1 Å². The number of pyridine rings is 1. The van der Waals surface area contributed by atoms with Crippen LogP contribution in [0.5, 0.6) is 0 Å². The molecule has 9 nitrogen and oxygen atoms in total. The van der Waals surface area contributed by atoms with Gasteiger partial charge in [0, 0.05) is 11.4 Å². The molecule has 0 bridgehead atoms. The van der Waals surface area contributed by atoms with Crippen LogP contribution in [0.2, 0.25) is 0 Å². The van der Waals surface area contributed by atoms with E-state index in [1.807, 2.05) is 0 Å². The third kappa shape index (κ3) is 7.28. The molecule has 0 saturated carbocycles. The summed E-state index contributed by atoms with van der Waals surface area (Å²) in [5.41, 5.74) is 6.01. The third-order valence-electron chi connectivity index (χ3n) is 4.84. The lowest BCUT2D eigenvalue weighted by Crippen LogP contribution is -2.29. The first kappa shape index (κ1) is 27.1. The molecule has 0 spiro atoms. The van der Waals surface area contributed by atoms with E-state index in [0.717, 1.165) is 23.5 Å². The normalized spacial score (nSPS) is 11.8. The number of amides is 2. The van der Waals surface area contributed by atoms with Crippen LogP contribution in [0.4, 0.5) is 19.6 Å². The van der Waals surface area contributed by atoms with Crippen LogP contribution in [-0.4, -0.2) is 52.9 Å². The van der Waals surface area contributed by atoms with Gasteiger partial charge in [0.05, 0.1) is 36.1 Å². The molecule has 36 heavy (non-hydrogen) atoms. The van der Waals surface area contributed by atoms with E-state index in [9.17, 15) is 23.5 Å². The van der Waals surface area contributed by atoms with Crippen molar-refractivity contribution in [3.63, 3.8) is 0 Å². The van der Waals surface area contributed by atoms with Gasteiger partial charge in [0.25, 0.3) is 5.91 Å². The predicted octanol–water partition coefficient (Wildman–Crippen LogP) is 2.48. The van der Waals surface area contributed by atoms with Crippen molar-refractivity contribution >= 4 is 34.0 Å². The molecule has 0 aliphatic carbocycles. The smallest absolute Gasteiger partial charge is 0.251 e. The van der Waals surface area contributed by atoms with Gasteiger partial charge >= 0.3 is 0 Å². The number of rotatable bonds is 12. The number of benzene rings is 1. The maximum Gasteiger partial charge on any atom is 0.251 e. The van der Waals surface area contributed by atoms with Gasteiger partial charge < -0.3 is 31.3 Å². The maximum absolute atomic E-state index is 14.8. The van der Waals surface area contributed by atoms with Crippen LogP contribution in [0.1, 0.15) is 28.5 Å². The second-order valence-electron chi connectivity index (χ2n) is 7.91. The quantitative estimate of drug-likeness (QED) is 0.247. The Morgan fingerprint density at radius 1 is 1.22 bits per heavy atom. The highest BCUT2D eigenvalue weighted by Crippen LogP contribution is 2.39. The Balaban J connectivity index is 1.79. The highest BCUT2D eigenvalue weighted by atomic mass is 32.1. The first-order valence-electron chi connectivity index (χ1n) is 11.0. The molecule has 3 rings (SSSR count). The molecule has 1 aromatic carbocycles. The summed E-state index contributed by atoms with van der Waals surface area (Å²) < 4.78 is 34.9. The van der Waals surface area contributed by atoms with Crippen LogP contribution in [0, 0.1) is 11.6 Å². The average molecular weight is 521 g/mol. The second kappa shape index (κ2) is 12.5. The Morgan fingerprint density at radius 3 is 2.58 bits per heavy atom. The number of nitrogens with two attached hydrogens (primary N) is 1. The number of ether oxygens (including phenoxy) is 1. The van der Waals surface area contributed by atoms with E-state index >= 15 is 0 Å². The average Bonchev–Trinajstić information content (AvgIpc) is 3.20. The van der Waals surface area contributed by atoms with Gasteiger partial charge in [-0.05, 0) is 49.2 Å². The lowest BCUT2D eigenvalue weighted by Gasteiger charge is -2.09. The highest BCUT2D eigenvalue weighted by molar-refractivity contribution is 7.20. The number of aliphatic hydroxyl groups is 2. The van der Waals surface area contributed by atoms with Gasteiger partial charge in [0.2, 0.25) is 5.91 Å². The monoisotopic (exact) mass is 520 g/mol. The minimum absolute atomic E-state index is 0.0235. The zero-order valence-corrected chi connectivity index (χ0v) is 20.2. The van der Waals surface area contributed by atoms with Gasteiger partial charge in [-0.1, -0.05) is 6.07 Å². The second-order valence-corrected chi connectivity index (χ2v) is 8.96. The summed E-state index contributed by atoms with van der Waals surface area (Å²) in [5, 5.41) is 23.9. The van der Waals surface area contributed by atoms with Crippen molar-refractivity contribution in [2.75, 3.05) is 25.1 Å². The number of aliphatic hydroxyl groups excluding tert-OH is 2. The third-order valence-corrected chi connectivity index (χ3v) is 5.91. The molecule has 0 radical (unpaired) electrons. The summed E-state index contributed by atoms with van der Waals surface area (Å²) in [6, 6.07) is 8.58. The van der Waals surface area contributed by atoms with E-state index in [0.29, 0.717) is 17.1 Å². The van der Waals surface area contributed by atoms with E-state index in [2.05, 4.69) is 15.6 Å².